The Morgan fingerprint density at radius 3 is 2.68 bits per heavy atom. The fraction of sp³-hybridized carbons (Fsp3) is 0.933. The predicted octanol–water partition coefficient (Wildman–Crippen LogP) is 2.96. The van der Waals surface area contributed by atoms with Gasteiger partial charge in [0, 0.05) is 13.0 Å². The molecular weight excluding hydrogens is 242 g/mol. The van der Waals surface area contributed by atoms with Gasteiger partial charge in [0.1, 0.15) is 5.54 Å². The first-order valence-electron chi connectivity index (χ1n) is 7.74. The lowest BCUT2D eigenvalue weighted by molar-refractivity contribution is -0.145. The molecule has 1 saturated carbocycles. The summed E-state index contributed by atoms with van der Waals surface area (Å²) in [5.41, 5.74) is -0.748. The van der Waals surface area contributed by atoms with E-state index >= 15 is 0 Å². The zero-order valence-corrected chi connectivity index (χ0v) is 12.4. The first-order chi connectivity index (χ1) is 9.14. The number of unbranched alkanes of at least 4 members (excludes halogenated alkanes) is 4. The molecular formula is C15H29NO3. The Labute approximate surface area is 116 Å². The topological polar surface area (TPSA) is 58.6 Å². The molecule has 2 N–H and O–H groups in total. The summed E-state index contributed by atoms with van der Waals surface area (Å²) >= 11 is 0. The standard InChI is InChI=1S/C15H29NO3/c1-3-5-6-7-8-11-19-13-9-10-15(12-13,14(17)18)16-4-2/h13,16H,3-12H2,1-2H3,(H,17,18). The van der Waals surface area contributed by atoms with Crippen molar-refractivity contribution < 1.29 is 14.6 Å². The van der Waals surface area contributed by atoms with E-state index in [4.69, 9.17) is 4.74 Å². The summed E-state index contributed by atoms with van der Waals surface area (Å²) in [6.07, 6.45) is 8.40. The predicted molar refractivity (Wildman–Crippen MR) is 76.4 cm³/mol. The highest BCUT2D eigenvalue weighted by Gasteiger charge is 2.45. The monoisotopic (exact) mass is 271 g/mol. The second-order valence-corrected chi connectivity index (χ2v) is 5.57. The van der Waals surface area contributed by atoms with Crippen LogP contribution in [0.5, 0.6) is 0 Å². The summed E-state index contributed by atoms with van der Waals surface area (Å²) in [4.78, 5) is 11.4. The van der Waals surface area contributed by atoms with Gasteiger partial charge in [-0.15, -0.1) is 0 Å². The van der Waals surface area contributed by atoms with Crippen LogP contribution in [-0.2, 0) is 9.53 Å². The third kappa shape index (κ3) is 5.11. The summed E-state index contributed by atoms with van der Waals surface area (Å²) in [5, 5.41) is 12.5. The van der Waals surface area contributed by atoms with Gasteiger partial charge in [-0.2, -0.15) is 0 Å². The van der Waals surface area contributed by atoms with Gasteiger partial charge in [0.05, 0.1) is 6.10 Å². The molecule has 4 nitrogen and oxygen atoms in total. The van der Waals surface area contributed by atoms with Gasteiger partial charge in [0.25, 0.3) is 0 Å². The van der Waals surface area contributed by atoms with Crippen LogP contribution in [0.25, 0.3) is 0 Å². The molecule has 1 rings (SSSR count). The maximum atomic E-state index is 11.4. The van der Waals surface area contributed by atoms with Gasteiger partial charge in [-0.3, -0.25) is 4.79 Å². The van der Waals surface area contributed by atoms with Crippen LogP contribution in [0.1, 0.15) is 65.2 Å². The Morgan fingerprint density at radius 2 is 2.05 bits per heavy atom. The normalized spacial score (nSPS) is 26.7. The van der Waals surface area contributed by atoms with Crippen LogP contribution in [0.4, 0.5) is 0 Å². The molecule has 1 fully saturated rings. The van der Waals surface area contributed by atoms with Crippen molar-refractivity contribution in [3.8, 4) is 0 Å². The summed E-state index contributed by atoms with van der Waals surface area (Å²) < 4.78 is 5.83. The summed E-state index contributed by atoms with van der Waals surface area (Å²) in [6.45, 7) is 5.63. The van der Waals surface area contributed by atoms with Crippen molar-refractivity contribution in [3.63, 3.8) is 0 Å². The van der Waals surface area contributed by atoms with Gasteiger partial charge in [0.2, 0.25) is 0 Å². The van der Waals surface area contributed by atoms with Gasteiger partial charge >= 0.3 is 5.97 Å². The van der Waals surface area contributed by atoms with Crippen LogP contribution < -0.4 is 5.32 Å². The maximum Gasteiger partial charge on any atom is 0.323 e. The fourth-order valence-corrected chi connectivity index (χ4v) is 2.87. The molecule has 0 aliphatic heterocycles. The molecule has 0 radical (unpaired) electrons. The van der Waals surface area contributed by atoms with Crippen LogP contribution in [0.15, 0.2) is 0 Å². The van der Waals surface area contributed by atoms with E-state index in [2.05, 4.69) is 12.2 Å². The zero-order valence-electron chi connectivity index (χ0n) is 12.4. The van der Waals surface area contributed by atoms with E-state index in [1.54, 1.807) is 0 Å². The second-order valence-electron chi connectivity index (χ2n) is 5.57. The number of rotatable bonds is 10. The average molecular weight is 271 g/mol. The third-order valence-corrected chi connectivity index (χ3v) is 4.00. The van der Waals surface area contributed by atoms with Crippen molar-refractivity contribution >= 4 is 5.97 Å². The van der Waals surface area contributed by atoms with Gasteiger partial charge in [0.15, 0.2) is 0 Å². The third-order valence-electron chi connectivity index (χ3n) is 4.00. The molecule has 0 aromatic rings. The molecule has 0 spiro atoms. The minimum absolute atomic E-state index is 0.112. The van der Waals surface area contributed by atoms with Crippen LogP contribution in [-0.4, -0.2) is 35.9 Å². The van der Waals surface area contributed by atoms with Crippen LogP contribution in [0.3, 0.4) is 0 Å². The molecule has 4 heteroatoms. The number of ether oxygens (including phenoxy) is 1. The summed E-state index contributed by atoms with van der Waals surface area (Å²) in [6, 6.07) is 0. The molecule has 1 aliphatic carbocycles. The summed E-state index contributed by atoms with van der Waals surface area (Å²) in [5.74, 6) is -0.733. The Kier molecular flexibility index (Phi) is 7.39. The molecule has 0 aromatic carbocycles. The van der Waals surface area contributed by atoms with Crippen molar-refractivity contribution in [3.05, 3.63) is 0 Å². The van der Waals surface area contributed by atoms with Crippen LogP contribution in [0, 0.1) is 0 Å². The lowest BCUT2D eigenvalue weighted by Crippen LogP contribution is -2.50. The molecule has 0 bridgehead atoms. The highest BCUT2D eigenvalue weighted by Crippen LogP contribution is 2.32. The van der Waals surface area contributed by atoms with Gasteiger partial charge in [-0.1, -0.05) is 39.5 Å². The smallest absolute Gasteiger partial charge is 0.323 e. The number of likely N-dealkylation sites (N-methyl/N-ethyl adjacent to an activating group) is 1. The lowest BCUT2D eigenvalue weighted by Gasteiger charge is -2.25. The van der Waals surface area contributed by atoms with E-state index in [0.717, 1.165) is 19.4 Å². The zero-order chi connectivity index (χ0) is 14.1. The number of aliphatic carboxylic acids is 1. The Hall–Kier alpha value is -0.610. The molecule has 112 valence electrons. The summed E-state index contributed by atoms with van der Waals surface area (Å²) in [7, 11) is 0. The number of carboxylic acid groups (broad SMARTS) is 1. The van der Waals surface area contributed by atoms with Crippen LogP contribution in [0.2, 0.25) is 0 Å². The minimum atomic E-state index is -0.748. The van der Waals surface area contributed by atoms with Crippen molar-refractivity contribution in [1.29, 1.82) is 0 Å². The van der Waals surface area contributed by atoms with Gasteiger partial charge in [-0.05, 0) is 25.8 Å². The second kappa shape index (κ2) is 8.54. The van der Waals surface area contributed by atoms with Crippen molar-refractivity contribution in [2.45, 2.75) is 76.9 Å². The SMILES string of the molecule is CCCCCCCOC1CCC(NCC)(C(=O)O)C1. The van der Waals surface area contributed by atoms with E-state index in [-0.39, 0.29) is 6.10 Å². The first-order valence-corrected chi connectivity index (χ1v) is 7.74. The molecule has 0 saturated heterocycles. The molecule has 2 atom stereocenters. The largest absolute Gasteiger partial charge is 0.480 e. The minimum Gasteiger partial charge on any atom is -0.480 e. The quantitative estimate of drug-likeness (QED) is 0.600. The fourth-order valence-electron chi connectivity index (χ4n) is 2.87. The Morgan fingerprint density at radius 1 is 1.32 bits per heavy atom. The molecule has 0 amide bonds. The Balaban J connectivity index is 2.21. The van der Waals surface area contributed by atoms with Gasteiger partial charge < -0.3 is 15.2 Å². The van der Waals surface area contributed by atoms with E-state index < -0.39 is 11.5 Å². The van der Waals surface area contributed by atoms with E-state index in [1.807, 2.05) is 6.92 Å². The molecule has 19 heavy (non-hydrogen) atoms. The molecule has 2 unspecified atom stereocenters. The average Bonchev–Trinajstić information content (AvgIpc) is 2.79. The Bertz CT molecular complexity index is 270. The number of hydrogen-bond acceptors (Lipinski definition) is 3. The number of nitrogens with one attached hydrogen (secondary N) is 1. The highest BCUT2D eigenvalue weighted by molar-refractivity contribution is 5.79. The van der Waals surface area contributed by atoms with Crippen molar-refractivity contribution in [1.82, 2.24) is 5.32 Å². The van der Waals surface area contributed by atoms with Gasteiger partial charge in [-0.25, -0.2) is 0 Å². The van der Waals surface area contributed by atoms with E-state index in [9.17, 15) is 9.90 Å². The molecule has 0 aromatic heterocycles. The van der Waals surface area contributed by atoms with E-state index in [0.29, 0.717) is 19.4 Å². The molecule has 1 aliphatic rings. The van der Waals surface area contributed by atoms with E-state index in [1.165, 1.54) is 25.7 Å². The number of carbonyl (C=O) groups is 1. The van der Waals surface area contributed by atoms with Crippen molar-refractivity contribution in [2.24, 2.45) is 0 Å². The number of hydrogen-bond donors (Lipinski definition) is 2. The first kappa shape index (κ1) is 16.4. The lowest BCUT2D eigenvalue weighted by atomic mass is 9.98. The van der Waals surface area contributed by atoms with Crippen molar-refractivity contribution in [2.75, 3.05) is 13.2 Å². The highest BCUT2D eigenvalue weighted by atomic mass is 16.5. The number of carboxylic acids is 1. The van der Waals surface area contributed by atoms with Crippen LogP contribution >= 0.6 is 0 Å². The maximum absolute atomic E-state index is 11.4. The molecule has 0 heterocycles.